The maximum atomic E-state index is 11.5. The van der Waals surface area contributed by atoms with Gasteiger partial charge in [-0.3, -0.25) is 9.59 Å². The van der Waals surface area contributed by atoms with Crippen molar-refractivity contribution >= 4 is 33.5 Å². The summed E-state index contributed by atoms with van der Waals surface area (Å²) in [5, 5.41) is 11.2. The highest BCUT2D eigenvalue weighted by Crippen LogP contribution is 2.23. The average Bonchev–Trinajstić information content (AvgIpc) is 2.24. The number of carbonyl (C=O) groups is 2. The first-order chi connectivity index (χ1) is 8.00. The summed E-state index contributed by atoms with van der Waals surface area (Å²) in [6, 6.07) is 5.55. The molecule has 0 spiro atoms. The number of amides is 1. The monoisotopic (exact) mass is 299 g/mol. The van der Waals surface area contributed by atoms with Gasteiger partial charge in [0.1, 0.15) is 0 Å². The molecule has 1 rings (SSSR count). The molecule has 92 valence electrons. The van der Waals surface area contributed by atoms with Crippen molar-refractivity contribution in [3.05, 3.63) is 28.2 Å². The van der Waals surface area contributed by atoms with Crippen molar-refractivity contribution in [2.45, 2.75) is 26.2 Å². The minimum Gasteiger partial charge on any atom is -0.481 e. The number of halogens is 1. The third kappa shape index (κ3) is 4.56. The average molecular weight is 300 g/mol. The number of carboxylic acids is 1. The Morgan fingerprint density at radius 2 is 2.06 bits per heavy atom. The van der Waals surface area contributed by atoms with Gasteiger partial charge in [-0.2, -0.15) is 0 Å². The molecule has 2 N–H and O–H groups in total. The lowest BCUT2D eigenvalue weighted by Crippen LogP contribution is -2.12. The number of carboxylic acid groups (broad SMARTS) is 1. The van der Waals surface area contributed by atoms with Gasteiger partial charge >= 0.3 is 5.97 Å². The van der Waals surface area contributed by atoms with Crippen molar-refractivity contribution in [2.75, 3.05) is 5.32 Å². The van der Waals surface area contributed by atoms with Gasteiger partial charge in [0.2, 0.25) is 5.91 Å². The van der Waals surface area contributed by atoms with Crippen molar-refractivity contribution in [2.24, 2.45) is 0 Å². The Labute approximate surface area is 108 Å². The van der Waals surface area contributed by atoms with Gasteiger partial charge in [-0.25, -0.2) is 0 Å². The van der Waals surface area contributed by atoms with Crippen LogP contribution in [-0.4, -0.2) is 17.0 Å². The molecule has 0 saturated heterocycles. The summed E-state index contributed by atoms with van der Waals surface area (Å²) in [4.78, 5) is 21.8. The van der Waals surface area contributed by atoms with Crippen LogP contribution < -0.4 is 5.32 Å². The number of hydrogen-bond acceptors (Lipinski definition) is 2. The maximum Gasteiger partial charge on any atom is 0.303 e. The van der Waals surface area contributed by atoms with Crippen molar-refractivity contribution in [3.8, 4) is 0 Å². The Morgan fingerprint density at radius 1 is 1.35 bits per heavy atom. The zero-order valence-corrected chi connectivity index (χ0v) is 11.1. The molecule has 0 radical (unpaired) electrons. The number of aliphatic carboxylic acids is 1. The molecule has 0 fully saturated rings. The number of nitrogens with one attached hydrogen (secondary N) is 1. The first kappa shape index (κ1) is 13.7. The molecule has 0 aliphatic rings. The molecule has 1 aromatic carbocycles. The van der Waals surface area contributed by atoms with Crippen LogP contribution in [0.5, 0.6) is 0 Å². The molecule has 0 aromatic heterocycles. The van der Waals surface area contributed by atoms with E-state index < -0.39 is 5.97 Å². The standard InChI is InChI=1S/C12H14BrNO3/c1-8-9(13)4-2-5-10(8)14-11(15)6-3-7-12(16)17/h2,4-5H,3,6-7H2,1H3,(H,14,15)(H,16,17). The highest BCUT2D eigenvalue weighted by Gasteiger charge is 2.07. The van der Waals surface area contributed by atoms with Gasteiger partial charge in [0, 0.05) is 23.0 Å². The topological polar surface area (TPSA) is 66.4 Å². The quantitative estimate of drug-likeness (QED) is 0.878. The minimum absolute atomic E-state index is 0.0187. The van der Waals surface area contributed by atoms with E-state index in [1.165, 1.54) is 0 Å². The molecule has 0 bridgehead atoms. The van der Waals surface area contributed by atoms with Gasteiger partial charge in [0.25, 0.3) is 0 Å². The number of anilines is 1. The fourth-order valence-corrected chi connectivity index (χ4v) is 1.72. The van der Waals surface area contributed by atoms with Crippen molar-refractivity contribution in [1.29, 1.82) is 0 Å². The lowest BCUT2D eigenvalue weighted by atomic mass is 10.2. The summed E-state index contributed by atoms with van der Waals surface area (Å²) in [6.45, 7) is 1.90. The lowest BCUT2D eigenvalue weighted by Gasteiger charge is -2.09. The summed E-state index contributed by atoms with van der Waals surface area (Å²) in [5.41, 5.74) is 1.71. The molecule has 1 aromatic rings. The molecule has 0 unspecified atom stereocenters. The van der Waals surface area contributed by atoms with Crippen LogP contribution in [0.3, 0.4) is 0 Å². The van der Waals surface area contributed by atoms with Gasteiger partial charge in [-0.05, 0) is 31.0 Å². The van der Waals surface area contributed by atoms with E-state index >= 15 is 0 Å². The second kappa shape index (κ2) is 6.39. The maximum absolute atomic E-state index is 11.5. The number of hydrogen-bond donors (Lipinski definition) is 2. The molecule has 0 aliphatic carbocycles. The van der Waals surface area contributed by atoms with Crippen LogP contribution in [0.1, 0.15) is 24.8 Å². The van der Waals surface area contributed by atoms with Gasteiger partial charge in [-0.1, -0.05) is 22.0 Å². The van der Waals surface area contributed by atoms with Gasteiger partial charge in [-0.15, -0.1) is 0 Å². The zero-order valence-electron chi connectivity index (χ0n) is 9.50. The summed E-state index contributed by atoms with van der Waals surface area (Å²) in [5.74, 6) is -1.04. The number of rotatable bonds is 5. The van der Waals surface area contributed by atoms with Crippen LogP contribution in [0.15, 0.2) is 22.7 Å². The third-order valence-electron chi connectivity index (χ3n) is 2.34. The Bertz CT molecular complexity index is 432. The van der Waals surface area contributed by atoms with E-state index in [1.54, 1.807) is 0 Å². The molecular formula is C12H14BrNO3. The molecule has 1 amide bonds. The van der Waals surface area contributed by atoms with E-state index in [0.29, 0.717) is 6.42 Å². The smallest absolute Gasteiger partial charge is 0.303 e. The Kier molecular flexibility index (Phi) is 5.15. The fraction of sp³-hybridized carbons (Fsp3) is 0.333. The van der Waals surface area contributed by atoms with Crippen molar-refractivity contribution in [1.82, 2.24) is 0 Å². The molecule has 0 atom stereocenters. The fourth-order valence-electron chi connectivity index (χ4n) is 1.36. The van der Waals surface area contributed by atoms with E-state index in [-0.39, 0.29) is 18.7 Å². The summed E-state index contributed by atoms with van der Waals surface area (Å²) >= 11 is 3.38. The first-order valence-corrected chi connectivity index (χ1v) is 6.06. The number of carbonyl (C=O) groups excluding carboxylic acids is 1. The van der Waals surface area contributed by atoms with Crippen LogP contribution in [0.2, 0.25) is 0 Å². The van der Waals surface area contributed by atoms with E-state index in [4.69, 9.17) is 5.11 Å². The Morgan fingerprint density at radius 3 is 2.71 bits per heavy atom. The lowest BCUT2D eigenvalue weighted by molar-refractivity contribution is -0.137. The summed E-state index contributed by atoms with van der Waals surface area (Å²) in [7, 11) is 0. The van der Waals surface area contributed by atoms with Crippen molar-refractivity contribution < 1.29 is 14.7 Å². The van der Waals surface area contributed by atoms with Gasteiger partial charge in [0.05, 0.1) is 0 Å². The second-order valence-corrected chi connectivity index (χ2v) is 4.56. The van der Waals surface area contributed by atoms with E-state index in [9.17, 15) is 9.59 Å². The third-order valence-corrected chi connectivity index (χ3v) is 3.20. The van der Waals surface area contributed by atoms with E-state index in [0.717, 1.165) is 15.7 Å². The predicted molar refractivity (Wildman–Crippen MR) is 69.0 cm³/mol. The number of benzene rings is 1. The van der Waals surface area contributed by atoms with Crippen LogP contribution in [-0.2, 0) is 9.59 Å². The minimum atomic E-state index is -0.878. The molecule has 0 aliphatic heterocycles. The van der Waals surface area contributed by atoms with Crippen LogP contribution in [0, 0.1) is 6.92 Å². The Hall–Kier alpha value is -1.36. The molecular weight excluding hydrogens is 286 g/mol. The predicted octanol–water partition coefficient (Wildman–Crippen LogP) is 2.95. The highest BCUT2D eigenvalue weighted by atomic mass is 79.9. The van der Waals surface area contributed by atoms with E-state index in [1.807, 2.05) is 25.1 Å². The largest absolute Gasteiger partial charge is 0.481 e. The molecule has 5 heteroatoms. The SMILES string of the molecule is Cc1c(Br)cccc1NC(=O)CCCC(=O)O. The highest BCUT2D eigenvalue weighted by molar-refractivity contribution is 9.10. The Balaban J connectivity index is 2.51. The second-order valence-electron chi connectivity index (χ2n) is 3.71. The van der Waals surface area contributed by atoms with Crippen LogP contribution >= 0.6 is 15.9 Å². The van der Waals surface area contributed by atoms with Crippen LogP contribution in [0.4, 0.5) is 5.69 Å². The molecule has 0 saturated carbocycles. The summed E-state index contributed by atoms with van der Waals surface area (Å²) < 4.78 is 0.931. The van der Waals surface area contributed by atoms with Crippen molar-refractivity contribution in [3.63, 3.8) is 0 Å². The van der Waals surface area contributed by atoms with Crippen LogP contribution in [0.25, 0.3) is 0 Å². The molecule has 4 nitrogen and oxygen atoms in total. The van der Waals surface area contributed by atoms with Gasteiger partial charge in [0.15, 0.2) is 0 Å². The molecule has 17 heavy (non-hydrogen) atoms. The molecule has 0 heterocycles. The van der Waals surface area contributed by atoms with E-state index in [2.05, 4.69) is 21.2 Å². The zero-order chi connectivity index (χ0) is 12.8. The first-order valence-electron chi connectivity index (χ1n) is 5.27. The normalized spacial score (nSPS) is 10.0. The summed E-state index contributed by atoms with van der Waals surface area (Å²) in [6.07, 6.45) is 0.595. The van der Waals surface area contributed by atoms with Gasteiger partial charge < -0.3 is 10.4 Å².